The van der Waals surface area contributed by atoms with Crippen LogP contribution >= 0.6 is 22.7 Å². The Bertz CT molecular complexity index is 10100. The Balaban J connectivity index is 0.000000100. The summed E-state index contributed by atoms with van der Waals surface area (Å²) in [6, 6.07) is 161. The highest BCUT2D eigenvalue weighted by Crippen LogP contribution is 2.58. The Kier molecular flexibility index (Phi) is 17.3. The molecule has 0 saturated carbocycles. The van der Waals surface area contributed by atoms with Crippen molar-refractivity contribution >= 4 is 234 Å². The molecule has 138 heavy (non-hydrogen) atoms. The van der Waals surface area contributed by atoms with Gasteiger partial charge in [-0.05, 0) is 162 Å². The highest BCUT2D eigenvalue weighted by atomic mass is 32.1. The molecule has 0 aliphatic carbocycles. The fourth-order valence-electron chi connectivity index (χ4n) is 22.4. The fraction of sp³-hybridized carbons (Fsp3) is 0. The molecule has 0 spiro atoms. The lowest BCUT2D eigenvalue weighted by molar-refractivity contribution is 1.11. The zero-order valence-corrected chi connectivity index (χ0v) is 75.6. The summed E-state index contributed by atoms with van der Waals surface area (Å²) in [6.07, 6.45) is 0. The van der Waals surface area contributed by atoms with Crippen LogP contribution in [-0.4, -0.2) is 34.5 Å². The van der Waals surface area contributed by atoms with E-state index < -0.39 is 0 Å². The molecule has 9 heterocycles. The molecule has 3 aliphatic heterocycles. The number of hydrogen-bond donors (Lipinski definition) is 0. The molecule has 0 fully saturated rings. The van der Waals surface area contributed by atoms with Gasteiger partial charge < -0.3 is 4.57 Å². The van der Waals surface area contributed by atoms with Crippen molar-refractivity contribution in [1.82, 2.24) is 34.5 Å². The topological polar surface area (TPSA) is 92.0 Å². The van der Waals surface area contributed by atoms with Crippen molar-refractivity contribution in [2.45, 2.75) is 0 Å². The summed E-state index contributed by atoms with van der Waals surface area (Å²) < 4.78 is 7.47. The molecule has 6 aromatic heterocycles. The molecule has 3 aliphatic rings. The predicted octanol–water partition coefficient (Wildman–Crippen LogP) is 35.0. The quantitative estimate of drug-likeness (QED) is 0.155. The number of hydrogen-bond acceptors (Lipinski definition) is 11. The van der Waals surface area contributed by atoms with Gasteiger partial charge in [-0.3, -0.25) is 14.7 Å². The first-order valence-electron chi connectivity index (χ1n) is 46.7. The summed E-state index contributed by atoms with van der Waals surface area (Å²) in [6.45, 7) is 0. The average Bonchev–Trinajstić information content (AvgIpc) is 1.75. The molecule has 0 radical (unpaired) electrons. The lowest BCUT2D eigenvalue weighted by Gasteiger charge is -2.33. The maximum atomic E-state index is 5.58. The van der Waals surface area contributed by atoms with Gasteiger partial charge in [0.25, 0.3) is 0 Å². The normalized spacial score (nSPS) is 12.4. The summed E-state index contributed by atoms with van der Waals surface area (Å²) in [5.74, 6) is 2.00. The van der Waals surface area contributed by atoms with Gasteiger partial charge in [-0.25, -0.2) is 29.9 Å². The van der Waals surface area contributed by atoms with Crippen LogP contribution in [-0.2, 0) is 0 Å². The lowest BCUT2D eigenvalue weighted by Crippen LogP contribution is -2.18. The van der Waals surface area contributed by atoms with Crippen LogP contribution in [0.2, 0.25) is 0 Å². The van der Waals surface area contributed by atoms with E-state index in [0.717, 1.165) is 112 Å². The van der Waals surface area contributed by atoms with Crippen molar-refractivity contribution < 1.29 is 0 Å². The van der Waals surface area contributed by atoms with Crippen LogP contribution in [0.3, 0.4) is 0 Å². The van der Waals surface area contributed by atoms with E-state index in [9.17, 15) is 0 Å². The smallest absolute Gasteiger partial charge is 0.235 e. The molecule has 0 N–H and O–H groups in total. The third-order valence-electron chi connectivity index (χ3n) is 28.3. The van der Waals surface area contributed by atoms with Crippen LogP contribution in [0, 0.1) is 0 Å². The molecule has 22 aromatic carbocycles. The van der Waals surface area contributed by atoms with Crippen LogP contribution in [0.5, 0.6) is 0 Å². The Hall–Kier alpha value is -17.9. The molecule has 0 bridgehead atoms. The number of thiophene rings is 2. The van der Waals surface area contributed by atoms with Gasteiger partial charge in [0, 0.05) is 123 Å². The van der Waals surface area contributed by atoms with Crippen molar-refractivity contribution in [3.8, 4) is 72.8 Å². The number of anilines is 9. The highest BCUT2D eigenvalue weighted by molar-refractivity contribution is 7.26. The molecule has 0 atom stereocenters. The van der Waals surface area contributed by atoms with Crippen molar-refractivity contribution in [3.05, 3.63) is 449 Å². The first-order valence-corrected chi connectivity index (χ1v) is 48.3. The summed E-state index contributed by atoms with van der Waals surface area (Å²) in [7, 11) is 0. The third-order valence-corrected chi connectivity index (χ3v) is 30.6. The van der Waals surface area contributed by atoms with E-state index in [1.807, 2.05) is 22.7 Å². The van der Waals surface area contributed by atoms with E-state index >= 15 is 0 Å². The van der Waals surface area contributed by atoms with Crippen molar-refractivity contribution in [2.24, 2.45) is 0 Å². The monoisotopic (exact) mass is 1790 g/mol. The fourth-order valence-corrected chi connectivity index (χ4v) is 24.7. The molecule has 10 nitrogen and oxygen atoms in total. The first kappa shape index (κ1) is 77.6. The van der Waals surface area contributed by atoms with Crippen molar-refractivity contribution in [3.63, 3.8) is 0 Å². The van der Waals surface area contributed by atoms with Crippen LogP contribution in [0.1, 0.15) is 0 Å². The summed E-state index contributed by atoms with van der Waals surface area (Å²) in [5, 5.41) is 25.2. The van der Waals surface area contributed by atoms with Crippen LogP contribution in [0.15, 0.2) is 449 Å². The van der Waals surface area contributed by atoms with Gasteiger partial charge in [-0.15, -0.1) is 22.7 Å². The van der Waals surface area contributed by atoms with Gasteiger partial charge in [0.05, 0.1) is 78.8 Å². The Labute approximate surface area is 799 Å². The van der Waals surface area contributed by atoms with E-state index in [-0.39, 0.29) is 0 Å². The van der Waals surface area contributed by atoms with Gasteiger partial charge in [0.1, 0.15) is 0 Å². The minimum absolute atomic E-state index is 0.654. The zero-order valence-electron chi connectivity index (χ0n) is 74.0. The van der Waals surface area contributed by atoms with Crippen LogP contribution in [0.25, 0.3) is 232 Å². The largest absolute Gasteiger partial charge is 0.309 e. The second kappa shape index (κ2) is 30.8. The minimum Gasteiger partial charge on any atom is -0.309 e. The molecule has 0 saturated heterocycles. The summed E-state index contributed by atoms with van der Waals surface area (Å²) in [4.78, 5) is 39.1. The first-order chi connectivity index (χ1) is 68.5. The molecule has 12 heteroatoms. The second-order valence-electron chi connectivity index (χ2n) is 35.7. The number of rotatable bonds is 7. The third kappa shape index (κ3) is 11.9. The van der Waals surface area contributed by atoms with Gasteiger partial charge in [-0.1, -0.05) is 352 Å². The van der Waals surface area contributed by atoms with E-state index in [0.29, 0.717) is 17.8 Å². The van der Waals surface area contributed by atoms with Crippen molar-refractivity contribution in [1.29, 1.82) is 0 Å². The second-order valence-corrected chi connectivity index (χ2v) is 37.9. The van der Waals surface area contributed by atoms with Gasteiger partial charge in [-0.2, -0.15) is 0 Å². The zero-order chi connectivity index (χ0) is 90.3. The molecule has 31 rings (SSSR count). The SMILES string of the molecule is c1ccc(-n2c3ccccc3c3c(-c4nc(N5c6ccc7ccccc7c6-c6cccc7cccc5c67)nc5ccccc45)cccc32)cc1.c1ccc2c3c(ccc2c1)N(c1nc(-c2ccc4c(c2)sc2ccccc24)c2ccccc2n1)c1cccc2cccc-3c12.c1ccc2c3c(ccc2c1)N(c1nc(-c2cccc4c2sc2ccccc24)c2ccccc2n1)c1cccc2cccc-3c12. The molecule has 0 unspecified atom stereocenters. The number of benzene rings is 22. The lowest BCUT2D eigenvalue weighted by atomic mass is 9.88. The predicted molar refractivity (Wildman–Crippen MR) is 581 cm³/mol. The Morgan fingerprint density at radius 1 is 0.188 bits per heavy atom. The molecular weight excluding hydrogens is 1720 g/mol. The Morgan fingerprint density at radius 2 is 0.536 bits per heavy atom. The van der Waals surface area contributed by atoms with Gasteiger partial charge in [0.2, 0.25) is 17.8 Å². The number of aromatic nitrogens is 7. The number of nitrogens with zero attached hydrogens (tertiary/aromatic N) is 10. The number of fused-ring (bicyclic) bond motifs is 24. The summed E-state index contributed by atoms with van der Waals surface area (Å²) >= 11 is 3.67. The maximum absolute atomic E-state index is 5.58. The molecular formula is C126H74N10S2. The highest BCUT2D eigenvalue weighted by Gasteiger charge is 2.35. The number of para-hydroxylation sites is 5. The Morgan fingerprint density at radius 3 is 1.04 bits per heavy atom. The summed E-state index contributed by atoms with van der Waals surface area (Å²) in [5.41, 5.74) is 26.3. The molecule has 0 amide bonds. The minimum atomic E-state index is 0.654. The average molecular weight is 1790 g/mol. The molecule has 640 valence electrons. The van der Waals surface area contributed by atoms with Crippen LogP contribution in [0.4, 0.5) is 52.0 Å². The van der Waals surface area contributed by atoms with Crippen molar-refractivity contribution in [2.75, 3.05) is 14.7 Å². The standard InChI is InChI=1S/C46H28N4.2C40H23N3S/c1-2-16-31(17-3-1)49-38-24-9-7-20-34(38)44-36(22-12-26-40(44)49)45-33-19-6-8-23-37(33)47-46(48-45)50-39-25-11-15-30-14-10-21-35(42(30)39)43-32-18-5-4-13-29(32)27-28-41(43)50;1-2-13-26-24(10-1)22-23-34-37(26)30-17-7-11-25-12-8-20-33(36(25)30)43(34)40-41-32-19-5-3-15-29(32)38(42-40)31-18-9-16-28-27-14-4-6-21-35(27)44-39(28)31;1-2-12-27-24(9-1)20-22-34-38(27)31-15-7-10-25-11-8-17-33(37(25)31)43(34)40-41-32-16-5-3-14-30(32)39(42-40)26-19-21-29-28-13-4-6-18-35(28)44-36(29)23-26/h1-28H;2*1-23H. The van der Waals surface area contributed by atoms with Gasteiger partial charge in [0.15, 0.2) is 0 Å². The van der Waals surface area contributed by atoms with Crippen LogP contribution < -0.4 is 14.7 Å². The van der Waals surface area contributed by atoms with E-state index in [4.69, 9.17) is 29.9 Å². The van der Waals surface area contributed by atoms with E-state index in [2.05, 4.69) is 468 Å². The van der Waals surface area contributed by atoms with E-state index in [1.165, 1.54) is 155 Å². The van der Waals surface area contributed by atoms with E-state index in [1.54, 1.807) is 0 Å². The molecule has 28 aromatic rings. The van der Waals surface area contributed by atoms with Gasteiger partial charge >= 0.3 is 0 Å². The maximum Gasteiger partial charge on any atom is 0.235 e.